The molecule has 2 aromatic rings. The molecule has 0 nitrogen and oxygen atoms in total. The van der Waals surface area contributed by atoms with Crippen LogP contribution in [-0.2, 0) is 36.1 Å². The standard InChI is InChI=1S/C14H14.2C6H9.4Sb.Zr/c1-3-7-13(8-4-1)11-12-14-9-5-2-6-10-14;2*1-4-6(3)5-2;;;;;/h1-10H,11-12H2;2*1-3H3;;;;;. The van der Waals surface area contributed by atoms with Gasteiger partial charge in [-0.1, -0.05) is 60.7 Å². The van der Waals surface area contributed by atoms with Crippen LogP contribution in [0.4, 0.5) is 0 Å². The van der Waals surface area contributed by atoms with Crippen molar-refractivity contribution in [2.45, 2.75) is 56.5 Å². The second-order valence-corrected chi connectivity index (χ2v) is 46.8. The molecule has 160 valence electrons. The molecule has 0 fully saturated rings. The van der Waals surface area contributed by atoms with E-state index in [4.69, 9.17) is 0 Å². The topological polar surface area (TPSA) is 0 Å². The maximum atomic E-state index is 2.71. The minimum absolute atomic E-state index is 0.208. The van der Waals surface area contributed by atoms with Gasteiger partial charge in [0, 0.05) is 0 Å². The van der Waals surface area contributed by atoms with Crippen molar-refractivity contribution in [2.75, 3.05) is 0 Å². The summed E-state index contributed by atoms with van der Waals surface area (Å²) in [5.41, 5.74) is 6.68. The summed E-state index contributed by atoms with van der Waals surface area (Å²) in [5, 5.41) is 0. The Bertz CT molecular complexity index is 940. The Balaban J connectivity index is 0.000000179. The Morgan fingerprint density at radius 1 is 0.613 bits per heavy atom. The van der Waals surface area contributed by atoms with Gasteiger partial charge in [0.1, 0.15) is 0 Å². The fraction of sp³-hybridized carbons (Fsp3) is 0.385. The molecule has 0 bridgehead atoms. The van der Waals surface area contributed by atoms with E-state index in [9.17, 15) is 0 Å². The van der Waals surface area contributed by atoms with Gasteiger partial charge in [-0.3, -0.25) is 0 Å². The predicted octanol–water partition coefficient (Wildman–Crippen LogP) is 6.07. The minimum Gasteiger partial charge on any atom is -0.0622 e. The fourth-order valence-corrected chi connectivity index (χ4v) is 78.2. The van der Waals surface area contributed by atoms with E-state index < -0.39 is 0 Å². The molecular weight excluding hydrogens is 891 g/mol. The Hall–Kier alpha value is 2.08. The Morgan fingerprint density at radius 3 is 1.26 bits per heavy atom. The average molecular weight is 923 g/mol. The van der Waals surface area contributed by atoms with E-state index in [2.05, 4.69) is 102 Å². The number of aryl methyl sites for hydroxylation is 2. The summed E-state index contributed by atoms with van der Waals surface area (Å²) in [6, 6.07) is 21.2. The number of hydrogen-bond acceptors (Lipinski definition) is 0. The third-order valence-electron chi connectivity index (χ3n) is 6.22. The van der Waals surface area contributed by atoms with E-state index in [1.165, 1.54) is 11.1 Å². The molecule has 0 amide bonds. The van der Waals surface area contributed by atoms with Crippen molar-refractivity contribution in [3.63, 3.8) is 0 Å². The molecule has 31 heavy (non-hydrogen) atoms. The van der Waals surface area contributed by atoms with E-state index in [0.717, 1.165) is 15.0 Å². The maximum absolute atomic E-state index is 2.71. The van der Waals surface area contributed by atoms with Gasteiger partial charge in [-0.05, 0) is 24.0 Å². The van der Waals surface area contributed by atoms with Crippen LogP contribution in [-0.4, -0.2) is 67.3 Å². The van der Waals surface area contributed by atoms with Crippen molar-refractivity contribution >= 4 is 67.3 Å². The molecule has 2 aromatic carbocycles. The normalized spacial score (nSPS) is 24.5. The van der Waals surface area contributed by atoms with Gasteiger partial charge >= 0.3 is 152 Å². The summed E-state index contributed by atoms with van der Waals surface area (Å²) in [7, 11) is 0. The molecule has 0 saturated heterocycles. The SMILES string of the molecule is C[C]1=C(C)[C](C)([Zr][C]2(C)[Sb]=[Sb][C](C)=C2C)[Sb]=[Sb]1.c1ccc(CCc2ccccc2)cc1. The molecule has 0 aromatic heterocycles. The Labute approximate surface area is 233 Å². The van der Waals surface area contributed by atoms with Crippen LogP contribution in [0, 0.1) is 0 Å². The van der Waals surface area contributed by atoms with Crippen LogP contribution < -0.4 is 0 Å². The van der Waals surface area contributed by atoms with Gasteiger partial charge in [-0.25, -0.2) is 0 Å². The van der Waals surface area contributed by atoms with Crippen LogP contribution in [0.25, 0.3) is 0 Å². The second kappa shape index (κ2) is 12.9. The van der Waals surface area contributed by atoms with Gasteiger partial charge in [0.2, 0.25) is 0 Å². The summed E-state index contributed by atoms with van der Waals surface area (Å²) in [6.45, 7) is 15.4. The van der Waals surface area contributed by atoms with Gasteiger partial charge in [0.15, 0.2) is 0 Å². The molecule has 2 aliphatic rings. The summed E-state index contributed by atoms with van der Waals surface area (Å²) < 4.78 is 5.69. The van der Waals surface area contributed by atoms with E-state index in [-0.39, 0.29) is 90.6 Å². The minimum atomic E-state index is -0.221. The molecule has 0 spiro atoms. The molecule has 0 aliphatic carbocycles. The number of benzene rings is 2. The molecule has 2 heterocycles. The molecular formula is C26H32Sb4Zr. The van der Waals surface area contributed by atoms with E-state index in [0.29, 0.717) is 0 Å². The zero-order valence-corrected chi connectivity index (χ0v) is 32.1. The van der Waals surface area contributed by atoms with Crippen LogP contribution in [0.2, 0.25) is 2.14 Å². The molecule has 5 heteroatoms. The van der Waals surface area contributed by atoms with E-state index >= 15 is 0 Å². The van der Waals surface area contributed by atoms with Crippen LogP contribution in [0.15, 0.2) is 78.8 Å². The van der Waals surface area contributed by atoms with Gasteiger partial charge in [0.05, 0.1) is 0 Å². The first kappa shape index (κ1) is 27.7. The maximum Gasteiger partial charge on any atom is -0.0238 e. The van der Waals surface area contributed by atoms with Crippen molar-refractivity contribution in [3.05, 3.63) is 90.0 Å². The van der Waals surface area contributed by atoms with Gasteiger partial charge < -0.3 is 0 Å². The quantitative estimate of drug-likeness (QED) is 0.320. The molecule has 2 aliphatic heterocycles. The first-order chi connectivity index (χ1) is 14.7. The van der Waals surface area contributed by atoms with Gasteiger partial charge in [-0.2, -0.15) is 0 Å². The third kappa shape index (κ3) is 7.78. The molecule has 4 rings (SSSR count). The smallest absolute Gasteiger partial charge is 0.0238 e. The van der Waals surface area contributed by atoms with Crippen LogP contribution in [0.1, 0.15) is 52.7 Å². The van der Waals surface area contributed by atoms with E-state index in [1.54, 1.807) is 0 Å². The number of rotatable bonds is 5. The summed E-state index contributed by atoms with van der Waals surface area (Å²) in [4.78, 5) is 0. The van der Waals surface area contributed by atoms with Crippen molar-refractivity contribution in [1.29, 1.82) is 0 Å². The van der Waals surface area contributed by atoms with Gasteiger partial charge in [0.25, 0.3) is 0 Å². The molecule has 0 radical (unpaired) electrons. The van der Waals surface area contributed by atoms with Crippen molar-refractivity contribution in [1.82, 2.24) is 0 Å². The first-order valence-electron chi connectivity index (χ1n) is 10.8. The monoisotopic (exact) mass is 918 g/mol. The third-order valence-corrected chi connectivity index (χ3v) is 75.4. The Morgan fingerprint density at radius 2 is 0.968 bits per heavy atom. The van der Waals surface area contributed by atoms with Crippen molar-refractivity contribution < 1.29 is 23.2 Å². The average Bonchev–Trinajstić information content (AvgIpc) is 3.18. The van der Waals surface area contributed by atoms with Crippen LogP contribution in [0.3, 0.4) is 0 Å². The zero-order chi connectivity index (χ0) is 22.5. The largest absolute Gasteiger partial charge is 0.0622 e. The summed E-state index contributed by atoms with van der Waals surface area (Å²) in [5.74, 6) is 0. The molecule has 0 saturated carbocycles. The van der Waals surface area contributed by atoms with Crippen molar-refractivity contribution in [2.24, 2.45) is 0 Å². The Kier molecular flexibility index (Phi) is 11.5. The number of hydrogen-bond donors (Lipinski definition) is 0. The molecule has 2 atom stereocenters. The number of allylic oxidation sites excluding steroid dienone is 4. The van der Waals surface area contributed by atoms with Crippen LogP contribution in [0.5, 0.6) is 0 Å². The van der Waals surface area contributed by atoms with Crippen molar-refractivity contribution in [3.8, 4) is 0 Å². The zero-order valence-electron chi connectivity index (χ0n) is 19.5. The predicted molar refractivity (Wildman–Crippen MR) is 137 cm³/mol. The van der Waals surface area contributed by atoms with E-state index in [1.807, 2.05) is 18.2 Å². The van der Waals surface area contributed by atoms with Gasteiger partial charge in [-0.15, -0.1) is 0 Å². The molecule has 2 unspecified atom stereocenters. The first-order valence-corrected chi connectivity index (χ1v) is 36.0. The molecule has 0 N–H and O–H groups in total. The fourth-order valence-electron chi connectivity index (χ4n) is 3.64. The summed E-state index contributed by atoms with van der Waals surface area (Å²) >= 11 is 0.637. The second-order valence-electron chi connectivity index (χ2n) is 8.56. The van der Waals surface area contributed by atoms with Crippen LogP contribution >= 0.6 is 0 Å². The summed E-state index contributed by atoms with van der Waals surface area (Å²) in [6.07, 6.45) is 2.26.